The number of fused-ring (bicyclic) bond motifs is 3. The molecule has 1 heterocycles. The molecule has 1 atom stereocenters. The molecule has 2 aliphatic rings. The number of rotatable bonds is 1. The molecule has 3 aromatic rings. The van der Waals surface area contributed by atoms with Crippen molar-refractivity contribution in [3.63, 3.8) is 0 Å². The van der Waals surface area contributed by atoms with Gasteiger partial charge in [-0.2, -0.15) is 0 Å². The fourth-order valence-electron chi connectivity index (χ4n) is 3.75. The Hall–Kier alpha value is -2.78. The van der Waals surface area contributed by atoms with Crippen molar-refractivity contribution in [1.82, 2.24) is 0 Å². The van der Waals surface area contributed by atoms with Gasteiger partial charge in [0.05, 0.1) is 16.6 Å². The number of ketones is 1. The van der Waals surface area contributed by atoms with Gasteiger partial charge in [-0.3, -0.25) is 4.79 Å². The zero-order valence-corrected chi connectivity index (χ0v) is 15.1. The molecule has 2 nitrogen and oxygen atoms in total. The highest BCUT2D eigenvalue weighted by Crippen LogP contribution is 2.52. The standard InChI is InChI=1S/C23H17NOS/c1-14-7-6-8-15(13-14)23-20-21(16-9-2-3-10-17(16)22(20)25)24-18-11-4-5-12-19(18)26-23/h2-13,23-24H,1H3/t23-/m1/s1. The first-order chi connectivity index (χ1) is 12.7. The Balaban J connectivity index is 1.76. The molecule has 0 amide bonds. The van der Waals surface area contributed by atoms with E-state index in [4.69, 9.17) is 0 Å². The first-order valence-electron chi connectivity index (χ1n) is 8.70. The lowest BCUT2D eigenvalue weighted by Gasteiger charge is -2.17. The number of aryl methyl sites for hydroxylation is 1. The highest BCUT2D eigenvalue weighted by Gasteiger charge is 2.37. The van der Waals surface area contributed by atoms with E-state index in [1.807, 2.05) is 36.4 Å². The molecule has 26 heavy (non-hydrogen) atoms. The minimum absolute atomic E-state index is 0.0269. The summed E-state index contributed by atoms with van der Waals surface area (Å²) in [6.07, 6.45) is 0. The monoisotopic (exact) mass is 355 g/mol. The largest absolute Gasteiger partial charge is 0.354 e. The number of thioether (sulfide) groups is 1. The molecule has 0 aromatic heterocycles. The van der Waals surface area contributed by atoms with Gasteiger partial charge in [0.25, 0.3) is 0 Å². The van der Waals surface area contributed by atoms with Crippen LogP contribution in [0.4, 0.5) is 5.69 Å². The number of Topliss-reactive ketones (excluding diaryl/α,β-unsaturated/α-hetero) is 1. The summed E-state index contributed by atoms with van der Waals surface area (Å²) < 4.78 is 0. The van der Waals surface area contributed by atoms with Crippen LogP contribution in [0.2, 0.25) is 0 Å². The van der Waals surface area contributed by atoms with Gasteiger partial charge < -0.3 is 5.32 Å². The number of anilines is 1. The SMILES string of the molecule is Cc1cccc([C@H]2Sc3ccccc3NC3=C2C(=O)c2ccccc23)c1. The predicted octanol–water partition coefficient (Wildman–Crippen LogP) is 5.86. The van der Waals surface area contributed by atoms with Gasteiger partial charge in [-0.05, 0) is 24.6 Å². The second kappa shape index (κ2) is 5.89. The smallest absolute Gasteiger partial charge is 0.193 e. The number of benzene rings is 3. The van der Waals surface area contributed by atoms with Crippen LogP contribution in [0.3, 0.4) is 0 Å². The van der Waals surface area contributed by atoms with E-state index in [1.54, 1.807) is 11.8 Å². The lowest BCUT2D eigenvalue weighted by Crippen LogP contribution is -2.07. The molecule has 126 valence electrons. The molecule has 0 radical (unpaired) electrons. The van der Waals surface area contributed by atoms with Crippen molar-refractivity contribution in [3.8, 4) is 0 Å². The number of hydrogen-bond acceptors (Lipinski definition) is 3. The van der Waals surface area contributed by atoms with Crippen molar-refractivity contribution in [2.24, 2.45) is 0 Å². The van der Waals surface area contributed by atoms with E-state index in [2.05, 4.69) is 48.6 Å². The van der Waals surface area contributed by atoms with E-state index < -0.39 is 0 Å². The van der Waals surface area contributed by atoms with Gasteiger partial charge in [-0.25, -0.2) is 0 Å². The summed E-state index contributed by atoms with van der Waals surface area (Å²) in [5, 5.41) is 3.53. The highest BCUT2D eigenvalue weighted by molar-refractivity contribution is 8.00. The van der Waals surface area contributed by atoms with Gasteiger partial charge in [-0.15, -0.1) is 11.8 Å². The molecule has 5 rings (SSSR count). The zero-order valence-electron chi connectivity index (χ0n) is 14.3. The Morgan fingerprint density at radius 3 is 2.50 bits per heavy atom. The third-order valence-electron chi connectivity index (χ3n) is 4.95. The van der Waals surface area contributed by atoms with E-state index in [-0.39, 0.29) is 11.0 Å². The third kappa shape index (κ3) is 2.31. The molecular weight excluding hydrogens is 338 g/mol. The van der Waals surface area contributed by atoms with E-state index in [0.29, 0.717) is 0 Å². The summed E-state index contributed by atoms with van der Waals surface area (Å²) in [4.78, 5) is 14.5. The average Bonchev–Trinajstić information content (AvgIpc) is 2.83. The van der Waals surface area contributed by atoms with E-state index in [1.165, 1.54) is 16.0 Å². The fraction of sp³-hybridized carbons (Fsp3) is 0.0870. The van der Waals surface area contributed by atoms with Gasteiger partial charge in [0, 0.05) is 21.6 Å². The molecule has 0 fully saturated rings. The Morgan fingerprint density at radius 1 is 0.885 bits per heavy atom. The number of para-hydroxylation sites is 1. The molecule has 0 saturated heterocycles. The van der Waals surface area contributed by atoms with Crippen LogP contribution in [-0.2, 0) is 0 Å². The van der Waals surface area contributed by atoms with Gasteiger partial charge in [-0.1, -0.05) is 66.2 Å². The minimum Gasteiger partial charge on any atom is -0.354 e. The summed E-state index contributed by atoms with van der Waals surface area (Å²) in [7, 11) is 0. The maximum Gasteiger partial charge on any atom is 0.193 e. The molecule has 0 spiro atoms. The molecule has 1 N–H and O–H groups in total. The van der Waals surface area contributed by atoms with Crippen molar-refractivity contribution in [2.45, 2.75) is 17.1 Å². The average molecular weight is 355 g/mol. The summed E-state index contributed by atoms with van der Waals surface area (Å²) in [6, 6.07) is 24.7. The molecule has 1 aliphatic heterocycles. The Kier molecular flexibility index (Phi) is 3.50. The lowest BCUT2D eigenvalue weighted by molar-refractivity contribution is 0.103. The Bertz CT molecular complexity index is 1080. The quantitative estimate of drug-likeness (QED) is 0.592. The Labute approximate surface area is 157 Å². The van der Waals surface area contributed by atoms with Crippen LogP contribution in [0.25, 0.3) is 5.70 Å². The summed E-state index contributed by atoms with van der Waals surface area (Å²) in [5.41, 5.74) is 7.04. The topological polar surface area (TPSA) is 29.1 Å². The maximum atomic E-state index is 13.3. The number of carbonyl (C=O) groups is 1. The minimum atomic E-state index is -0.0269. The van der Waals surface area contributed by atoms with Crippen LogP contribution in [-0.4, -0.2) is 5.78 Å². The predicted molar refractivity (Wildman–Crippen MR) is 108 cm³/mol. The molecule has 0 bridgehead atoms. The van der Waals surface area contributed by atoms with E-state index >= 15 is 0 Å². The molecule has 0 saturated carbocycles. The first-order valence-corrected chi connectivity index (χ1v) is 9.58. The molecule has 3 aromatic carbocycles. The first kappa shape index (κ1) is 15.5. The van der Waals surface area contributed by atoms with Crippen molar-refractivity contribution in [1.29, 1.82) is 0 Å². The third-order valence-corrected chi connectivity index (χ3v) is 6.31. The lowest BCUT2D eigenvalue weighted by atomic mass is 9.99. The molecule has 1 aliphatic carbocycles. The second-order valence-corrected chi connectivity index (χ2v) is 7.84. The molecule has 3 heteroatoms. The van der Waals surface area contributed by atoms with Crippen LogP contribution in [0.15, 0.2) is 83.3 Å². The summed E-state index contributed by atoms with van der Waals surface area (Å²) >= 11 is 1.75. The fourth-order valence-corrected chi connectivity index (χ4v) is 5.03. The highest BCUT2D eigenvalue weighted by atomic mass is 32.2. The summed E-state index contributed by atoms with van der Waals surface area (Å²) in [6.45, 7) is 2.09. The van der Waals surface area contributed by atoms with Crippen LogP contribution in [0.1, 0.15) is 32.3 Å². The number of hydrogen-bond donors (Lipinski definition) is 1. The van der Waals surface area contributed by atoms with Crippen molar-refractivity contribution in [3.05, 3.63) is 101 Å². The van der Waals surface area contributed by atoms with Gasteiger partial charge in [0.2, 0.25) is 0 Å². The van der Waals surface area contributed by atoms with E-state index in [0.717, 1.165) is 28.1 Å². The van der Waals surface area contributed by atoms with Crippen molar-refractivity contribution >= 4 is 28.9 Å². The Morgan fingerprint density at radius 2 is 1.65 bits per heavy atom. The van der Waals surface area contributed by atoms with Crippen LogP contribution < -0.4 is 5.32 Å². The van der Waals surface area contributed by atoms with Gasteiger partial charge in [0.15, 0.2) is 5.78 Å². The van der Waals surface area contributed by atoms with Gasteiger partial charge >= 0.3 is 0 Å². The number of nitrogens with one attached hydrogen (secondary N) is 1. The van der Waals surface area contributed by atoms with Crippen LogP contribution in [0, 0.1) is 6.92 Å². The second-order valence-electron chi connectivity index (χ2n) is 6.70. The normalized spacial score (nSPS) is 17.9. The van der Waals surface area contributed by atoms with E-state index in [9.17, 15) is 4.79 Å². The van der Waals surface area contributed by atoms with Crippen molar-refractivity contribution < 1.29 is 4.79 Å². The maximum absolute atomic E-state index is 13.3. The molecule has 0 unspecified atom stereocenters. The zero-order chi connectivity index (χ0) is 17.7. The number of carbonyl (C=O) groups excluding carboxylic acids is 1. The molecular formula is C23H17NOS. The van der Waals surface area contributed by atoms with Crippen LogP contribution in [0.5, 0.6) is 0 Å². The van der Waals surface area contributed by atoms with Crippen molar-refractivity contribution in [2.75, 3.05) is 5.32 Å². The van der Waals surface area contributed by atoms with Crippen LogP contribution >= 0.6 is 11.8 Å². The van der Waals surface area contributed by atoms with Gasteiger partial charge in [0.1, 0.15) is 0 Å². The summed E-state index contributed by atoms with van der Waals surface area (Å²) in [5.74, 6) is 0.134.